The van der Waals surface area contributed by atoms with Gasteiger partial charge in [0.15, 0.2) is 0 Å². The van der Waals surface area contributed by atoms with Gasteiger partial charge in [0.25, 0.3) is 10.0 Å². The number of carbonyl (C=O) groups is 1. The van der Waals surface area contributed by atoms with Gasteiger partial charge in [-0.15, -0.1) is 11.3 Å². The molecule has 0 bridgehead atoms. The molecule has 1 rings (SSSR count). The second-order valence-corrected chi connectivity index (χ2v) is 6.94. The van der Waals surface area contributed by atoms with E-state index in [4.69, 9.17) is 4.84 Å². The van der Waals surface area contributed by atoms with Crippen molar-refractivity contribution >= 4 is 27.3 Å². The molecule has 0 saturated heterocycles. The summed E-state index contributed by atoms with van der Waals surface area (Å²) < 4.78 is 28.4. The van der Waals surface area contributed by atoms with Gasteiger partial charge in [0, 0.05) is 0 Å². The molecule has 6 nitrogen and oxygen atoms in total. The zero-order valence-corrected chi connectivity index (χ0v) is 12.1. The van der Waals surface area contributed by atoms with E-state index < -0.39 is 21.6 Å². The third-order valence-electron chi connectivity index (χ3n) is 1.75. The van der Waals surface area contributed by atoms with Gasteiger partial charge in [-0.25, -0.2) is 13.2 Å². The van der Waals surface area contributed by atoms with Crippen LogP contribution in [0.1, 0.15) is 30.4 Å². The van der Waals surface area contributed by atoms with Crippen molar-refractivity contribution in [1.82, 2.24) is 4.89 Å². The zero-order chi connectivity index (χ0) is 14.0. The van der Waals surface area contributed by atoms with Gasteiger partial charge in [-0.2, -0.15) is 0 Å². The summed E-state index contributed by atoms with van der Waals surface area (Å²) in [7, 11) is -2.71. The van der Waals surface area contributed by atoms with Crippen molar-refractivity contribution < 1.29 is 22.8 Å². The highest BCUT2D eigenvalue weighted by molar-refractivity contribution is 7.89. The molecule has 0 aliphatic heterocycles. The Labute approximate surface area is 110 Å². The van der Waals surface area contributed by atoms with E-state index in [1.807, 2.05) is 4.89 Å². The maximum Gasteiger partial charge on any atom is 0.349 e. The number of sulfonamides is 1. The number of esters is 1. The van der Waals surface area contributed by atoms with Crippen LogP contribution in [0.4, 0.5) is 0 Å². The van der Waals surface area contributed by atoms with Gasteiger partial charge in [-0.05, 0) is 32.2 Å². The van der Waals surface area contributed by atoms with Crippen molar-refractivity contribution in [1.29, 1.82) is 0 Å². The lowest BCUT2D eigenvalue weighted by Crippen LogP contribution is -2.34. The van der Waals surface area contributed by atoms with Gasteiger partial charge in [0.1, 0.15) is 9.77 Å². The van der Waals surface area contributed by atoms with Crippen LogP contribution in [0.5, 0.6) is 0 Å². The average molecular weight is 293 g/mol. The SMILES string of the molecule is COC(=O)c1sccc1S(=O)(=O)NOC(C)(C)C. The van der Waals surface area contributed by atoms with E-state index >= 15 is 0 Å². The Balaban J connectivity index is 2.99. The number of ether oxygens (including phenoxy) is 1. The minimum Gasteiger partial charge on any atom is -0.465 e. The van der Waals surface area contributed by atoms with Gasteiger partial charge >= 0.3 is 5.97 Å². The van der Waals surface area contributed by atoms with E-state index in [-0.39, 0.29) is 9.77 Å². The molecule has 1 heterocycles. The fourth-order valence-electron chi connectivity index (χ4n) is 0.975. The van der Waals surface area contributed by atoms with E-state index in [1.165, 1.54) is 18.6 Å². The van der Waals surface area contributed by atoms with Crippen molar-refractivity contribution in [2.24, 2.45) is 0 Å². The monoisotopic (exact) mass is 293 g/mol. The van der Waals surface area contributed by atoms with E-state index in [2.05, 4.69) is 4.74 Å². The first kappa shape index (κ1) is 15.1. The molecule has 1 aromatic rings. The second-order valence-electron chi connectivity index (χ2n) is 4.41. The first-order valence-corrected chi connectivity index (χ1v) is 7.39. The number of hydrogen-bond donors (Lipinski definition) is 1. The molecule has 0 unspecified atom stereocenters. The van der Waals surface area contributed by atoms with E-state index in [1.54, 1.807) is 20.8 Å². The molecule has 0 aliphatic carbocycles. The van der Waals surface area contributed by atoms with Crippen molar-refractivity contribution in [3.05, 3.63) is 16.3 Å². The van der Waals surface area contributed by atoms with Crippen LogP contribution in [0.3, 0.4) is 0 Å². The Morgan fingerprint density at radius 3 is 2.50 bits per heavy atom. The maximum atomic E-state index is 11.9. The van der Waals surface area contributed by atoms with Crippen molar-refractivity contribution in [2.45, 2.75) is 31.3 Å². The molecular formula is C10H15NO5S2. The number of rotatable bonds is 4. The van der Waals surface area contributed by atoms with Gasteiger partial charge in [-0.1, -0.05) is 4.89 Å². The largest absolute Gasteiger partial charge is 0.465 e. The van der Waals surface area contributed by atoms with Crippen LogP contribution in [-0.4, -0.2) is 27.1 Å². The molecule has 0 aliphatic rings. The van der Waals surface area contributed by atoms with Crippen LogP contribution in [0, 0.1) is 0 Å². The molecule has 0 amide bonds. The van der Waals surface area contributed by atoms with Gasteiger partial charge in [0.05, 0.1) is 12.7 Å². The van der Waals surface area contributed by atoms with Gasteiger partial charge in [0.2, 0.25) is 0 Å². The topological polar surface area (TPSA) is 81.7 Å². The molecule has 18 heavy (non-hydrogen) atoms. The Kier molecular flexibility index (Phi) is 4.49. The molecule has 0 atom stereocenters. The summed E-state index contributed by atoms with van der Waals surface area (Å²) in [5.74, 6) is -0.693. The third-order valence-corrected chi connectivity index (χ3v) is 3.99. The molecular weight excluding hydrogens is 278 g/mol. The summed E-state index contributed by atoms with van der Waals surface area (Å²) >= 11 is 0.993. The molecule has 1 N–H and O–H groups in total. The summed E-state index contributed by atoms with van der Waals surface area (Å²) in [5.41, 5.74) is -0.672. The van der Waals surface area contributed by atoms with Crippen LogP contribution in [-0.2, 0) is 19.6 Å². The number of nitrogens with one attached hydrogen (secondary N) is 1. The standard InChI is InChI=1S/C10H15NO5S2/c1-10(2,3)16-11-18(13,14)7-5-6-17-8(7)9(12)15-4/h5-6,11H,1-4H3. The Morgan fingerprint density at radius 1 is 1.39 bits per heavy atom. The summed E-state index contributed by atoms with van der Waals surface area (Å²) in [5, 5.41) is 1.50. The minimum atomic E-state index is -3.90. The summed E-state index contributed by atoms with van der Waals surface area (Å²) in [4.78, 5) is 18.3. The van der Waals surface area contributed by atoms with Crippen molar-refractivity contribution in [3.8, 4) is 0 Å². The highest BCUT2D eigenvalue weighted by atomic mass is 32.2. The van der Waals surface area contributed by atoms with Crippen LogP contribution in [0.15, 0.2) is 16.3 Å². The first-order chi connectivity index (χ1) is 8.17. The second kappa shape index (κ2) is 5.35. The molecule has 0 aromatic carbocycles. The number of hydrogen-bond acceptors (Lipinski definition) is 6. The van der Waals surface area contributed by atoms with E-state index in [0.717, 1.165) is 11.3 Å². The fraction of sp³-hybridized carbons (Fsp3) is 0.500. The quantitative estimate of drug-likeness (QED) is 0.672. The molecule has 0 spiro atoms. The van der Waals surface area contributed by atoms with Crippen molar-refractivity contribution in [2.75, 3.05) is 7.11 Å². The third kappa shape index (κ3) is 3.77. The Bertz CT molecular complexity index is 527. The summed E-state index contributed by atoms with van der Waals surface area (Å²) in [6.45, 7) is 5.10. The summed E-state index contributed by atoms with van der Waals surface area (Å²) in [6, 6.07) is 1.32. The normalized spacial score (nSPS) is 12.4. The highest BCUT2D eigenvalue weighted by Crippen LogP contribution is 2.23. The number of carbonyl (C=O) groups excluding carboxylic acids is 1. The Morgan fingerprint density at radius 2 is 2.00 bits per heavy atom. The molecule has 0 saturated carbocycles. The van der Waals surface area contributed by atoms with Crippen LogP contribution in [0.25, 0.3) is 0 Å². The highest BCUT2D eigenvalue weighted by Gasteiger charge is 2.26. The average Bonchev–Trinajstić information content (AvgIpc) is 2.74. The lowest BCUT2D eigenvalue weighted by Gasteiger charge is -2.19. The van der Waals surface area contributed by atoms with Crippen LogP contribution in [0.2, 0.25) is 0 Å². The molecule has 8 heteroatoms. The lowest BCUT2D eigenvalue weighted by atomic mass is 10.2. The van der Waals surface area contributed by atoms with Crippen LogP contribution >= 0.6 is 11.3 Å². The molecule has 1 aromatic heterocycles. The minimum absolute atomic E-state index is 0.0162. The van der Waals surface area contributed by atoms with E-state index in [9.17, 15) is 13.2 Å². The zero-order valence-electron chi connectivity index (χ0n) is 10.5. The van der Waals surface area contributed by atoms with E-state index in [0.29, 0.717) is 0 Å². The summed E-state index contributed by atoms with van der Waals surface area (Å²) in [6.07, 6.45) is 0. The maximum absolute atomic E-state index is 11.9. The lowest BCUT2D eigenvalue weighted by molar-refractivity contribution is -0.0357. The Hall–Kier alpha value is -0.960. The first-order valence-electron chi connectivity index (χ1n) is 5.03. The van der Waals surface area contributed by atoms with Crippen molar-refractivity contribution in [3.63, 3.8) is 0 Å². The molecule has 0 fully saturated rings. The fourth-order valence-corrected chi connectivity index (χ4v) is 3.26. The smallest absolute Gasteiger partial charge is 0.349 e. The van der Waals surface area contributed by atoms with Gasteiger partial charge in [-0.3, -0.25) is 4.84 Å². The predicted octanol–water partition coefficient (Wildman–Crippen LogP) is 1.54. The number of thiophene rings is 1. The molecule has 0 radical (unpaired) electrons. The van der Waals surface area contributed by atoms with Crippen LogP contribution < -0.4 is 4.89 Å². The van der Waals surface area contributed by atoms with Gasteiger partial charge < -0.3 is 4.74 Å². The number of methoxy groups -OCH3 is 1. The predicted molar refractivity (Wildman–Crippen MR) is 66.8 cm³/mol. The molecule has 102 valence electrons.